The molecule has 0 aliphatic carbocycles. The topological polar surface area (TPSA) is 53.0 Å². The van der Waals surface area contributed by atoms with Crippen LogP contribution in [-0.2, 0) is 0 Å². The summed E-state index contributed by atoms with van der Waals surface area (Å²) >= 11 is 0. The Morgan fingerprint density at radius 1 is 1.50 bits per heavy atom. The van der Waals surface area contributed by atoms with Crippen LogP contribution < -0.4 is 24.0 Å². The fourth-order valence-corrected chi connectivity index (χ4v) is 1.10. The Bertz CT molecular complexity index is 342. The van der Waals surface area contributed by atoms with Crippen LogP contribution in [0.1, 0.15) is 35.7 Å². The molecule has 0 amide bonds. The van der Waals surface area contributed by atoms with E-state index in [0.717, 1.165) is 6.20 Å². The molecular weight excluding hydrogens is 180 g/mol. The second-order valence-electron chi connectivity index (χ2n) is 3.03. The number of hydrogen-bond donors (Lipinski definition) is 0. The molecule has 1 aromatic rings. The van der Waals surface area contributed by atoms with Crippen molar-refractivity contribution in [3.05, 3.63) is 29.3 Å². The van der Waals surface area contributed by atoms with Crippen LogP contribution in [0.15, 0.2) is 12.4 Å². The van der Waals surface area contributed by atoms with E-state index >= 15 is 0 Å². The predicted molar refractivity (Wildman–Crippen MR) is 42.6 cm³/mol. The van der Waals surface area contributed by atoms with Crippen molar-refractivity contribution in [2.45, 2.75) is 19.8 Å². The van der Waals surface area contributed by atoms with Crippen LogP contribution in [-0.4, -0.2) is 11.0 Å². The third-order valence-corrected chi connectivity index (χ3v) is 1.76. The first-order chi connectivity index (χ1) is 6.04. The molecule has 70 valence electrons. The van der Waals surface area contributed by atoms with Crippen molar-refractivity contribution >= 4 is 5.97 Å². The maximum Gasteiger partial charge on any atom is 1.00 e. The average molecular weight is 189 g/mol. The minimum Gasteiger partial charge on any atom is -0.545 e. The van der Waals surface area contributed by atoms with Crippen LogP contribution in [0.25, 0.3) is 0 Å². The van der Waals surface area contributed by atoms with Gasteiger partial charge in [0.05, 0.1) is 12.2 Å². The Morgan fingerprint density at radius 2 is 2.07 bits per heavy atom. The van der Waals surface area contributed by atoms with Gasteiger partial charge in [0.15, 0.2) is 5.82 Å². The van der Waals surface area contributed by atoms with Crippen LogP contribution in [0.3, 0.4) is 0 Å². The van der Waals surface area contributed by atoms with E-state index < -0.39 is 11.8 Å². The van der Waals surface area contributed by atoms with E-state index in [9.17, 15) is 14.3 Å². The van der Waals surface area contributed by atoms with E-state index in [1.54, 1.807) is 13.8 Å². The molecule has 1 heterocycles. The number of carbonyl (C=O) groups excluding carboxylic acids is 1. The van der Waals surface area contributed by atoms with Crippen molar-refractivity contribution in [1.82, 2.24) is 4.98 Å². The molecule has 5 heteroatoms. The average Bonchev–Trinajstić information content (AvgIpc) is 2.02. The molecule has 3 nitrogen and oxygen atoms in total. The van der Waals surface area contributed by atoms with Gasteiger partial charge in [-0.15, -0.1) is 0 Å². The first-order valence-electron chi connectivity index (χ1n) is 3.88. The summed E-state index contributed by atoms with van der Waals surface area (Å²) in [7, 11) is 0. The molecule has 0 saturated heterocycles. The number of carboxylic acids is 1. The standard InChI is InChI=1S/C9H10FNO2.Li/c1-5(2)6-3-11-4-7(10)8(6)9(12)13;/h3-5H,1-2H3,(H,12,13);/q;+1/p-1. The van der Waals surface area contributed by atoms with Gasteiger partial charge in [-0.25, -0.2) is 4.39 Å². The molecule has 0 N–H and O–H groups in total. The molecule has 0 aliphatic rings. The molecule has 1 aromatic heterocycles. The Kier molecular flexibility index (Phi) is 4.82. The first kappa shape index (κ1) is 13.1. The molecule has 14 heavy (non-hydrogen) atoms. The zero-order chi connectivity index (χ0) is 10.0. The number of halogens is 1. The molecule has 0 radical (unpaired) electrons. The number of aromatic nitrogens is 1. The molecule has 0 saturated carbocycles. The van der Waals surface area contributed by atoms with E-state index in [0.29, 0.717) is 5.56 Å². The van der Waals surface area contributed by atoms with Crippen molar-refractivity contribution in [3.8, 4) is 0 Å². The Morgan fingerprint density at radius 3 is 2.43 bits per heavy atom. The van der Waals surface area contributed by atoms with Crippen molar-refractivity contribution < 1.29 is 33.2 Å². The number of aromatic carboxylic acids is 1. The van der Waals surface area contributed by atoms with Crippen molar-refractivity contribution in [3.63, 3.8) is 0 Å². The van der Waals surface area contributed by atoms with Gasteiger partial charge in [-0.2, -0.15) is 0 Å². The van der Waals surface area contributed by atoms with Gasteiger partial charge in [0.25, 0.3) is 0 Å². The van der Waals surface area contributed by atoms with Crippen molar-refractivity contribution in [2.24, 2.45) is 0 Å². The number of carbonyl (C=O) groups is 1. The normalized spacial score (nSPS) is 9.71. The first-order valence-corrected chi connectivity index (χ1v) is 3.88. The van der Waals surface area contributed by atoms with E-state index in [2.05, 4.69) is 4.98 Å². The Balaban J connectivity index is 0.00000169. The summed E-state index contributed by atoms with van der Waals surface area (Å²) in [5.74, 6) is -2.43. The fraction of sp³-hybridized carbons (Fsp3) is 0.333. The van der Waals surface area contributed by atoms with Crippen LogP contribution in [0.5, 0.6) is 0 Å². The molecule has 0 bridgehead atoms. The van der Waals surface area contributed by atoms with Gasteiger partial charge in [-0.1, -0.05) is 13.8 Å². The minimum absolute atomic E-state index is 0. The SMILES string of the molecule is CC(C)c1cncc(F)c1C(=O)[O-].[Li+]. The summed E-state index contributed by atoms with van der Waals surface area (Å²) in [5.41, 5.74) is -0.0231. The van der Waals surface area contributed by atoms with Gasteiger partial charge >= 0.3 is 18.9 Å². The summed E-state index contributed by atoms with van der Waals surface area (Å²) in [6.45, 7) is 3.53. The van der Waals surface area contributed by atoms with Gasteiger partial charge in [0.2, 0.25) is 0 Å². The Hall–Kier alpha value is -0.853. The van der Waals surface area contributed by atoms with Gasteiger partial charge in [0, 0.05) is 11.8 Å². The summed E-state index contributed by atoms with van der Waals surface area (Å²) < 4.78 is 13.0. The number of hydrogen-bond acceptors (Lipinski definition) is 3. The monoisotopic (exact) mass is 189 g/mol. The summed E-state index contributed by atoms with van der Waals surface area (Å²) in [6.07, 6.45) is 2.22. The maximum absolute atomic E-state index is 13.0. The third-order valence-electron chi connectivity index (χ3n) is 1.76. The fourth-order valence-electron chi connectivity index (χ4n) is 1.10. The third kappa shape index (κ3) is 2.57. The van der Waals surface area contributed by atoms with Crippen LogP contribution >= 0.6 is 0 Å². The predicted octanol–water partition coefficient (Wildman–Crippen LogP) is -2.29. The van der Waals surface area contributed by atoms with E-state index in [-0.39, 0.29) is 30.3 Å². The van der Waals surface area contributed by atoms with E-state index in [1.807, 2.05) is 0 Å². The summed E-state index contributed by atoms with van der Waals surface area (Å²) in [4.78, 5) is 14.2. The summed E-state index contributed by atoms with van der Waals surface area (Å²) in [6, 6.07) is 0. The maximum atomic E-state index is 13.0. The zero-order valence-electron chi connectivity index (χ0n) is 8.37. The quantitative estimate of drug-likeness (QED) is 0.492. The molecular formula is C9H9FLiNO2. The molecule has 0 spiro atoms. The van der Waals surface area contributed by atoms with Crippen LogP contribution in [0, 0.1) is 5.82 Å². The van der Waals surface area contributed by atoms with E-state index in [1.165, 1.54) is 6.20 Å². The molecule has 0 aromatic carbocycles. The number of carboxylic acid groups (broad SMARTS) is 1. The van der Waals surface area contributed by atoms with E-state index in [4.69, 9.17) is 0 Å². The second kappa shape index (κ2) is 5.13. The number of rotatable bonds is 2. The number of nitrogens with zero attached hydrogens (tertiary/aromatic N) is 1. The molecule has 0 unspecified atom stereocenters. The molecule has 0 aliphatic heterocycles. The molecule has 0 atom stereocenters. The van der Waals surface area contributed by atoms with Crippen molar-refractivity contribution in [2.75, 3.05) is 0 Å². The largest absolute Gasteiger partial charge is 1.00 e. The van der Waals surface area contributed by atoms with Gasteiger partial charge in [-0.3, -0.25) is 4.98 Å². The van der Waals surface area contributed by atoms with Gasteiger partial charge < -0.3 is 9.90 Å². The molecule has 1 rings (SSSR count). The van der Waals surface area contributed by atoms with Crippen LogP contribution in [0.4, 0.5) is 4.39 Å². The minimum atomic E-state index is -1.50. The van der Waals surface area contributed by atoms with Crippen LogP contribution in [0.2, 0.25) is 0 Å². The van der Waals surface area contributed by atoms with Gasteiger partial charge in [0.1, 0.15) is 0 Å². The Labute approximate surface area is 93.5 Å². The zero-order valence-corrected chi connectivity index (χ0v) is 8.37. The molecule has 0 fully saturated rings. The smallest absolute Gasteiger partial charge is 0.545 e. The number of pyridine rings is 1. The van der Waals surface area contributed by atoms with Gasteiger partial charge in [-0.05, 0) is 11.5 Å². The van der Waals surface area contributed by atoms with Crippen molar-refractivity contribution in [1.29, 1.82) is 0 Å². The summed E-state index contributed by atoms with van der Waals surface area (Å²) in [5, 5.41) is 10.6. The second-order valence-corrected chi connectivity index (χ2v) is 3.03.